The molecular weight excluding hydrogens is 524 g/mol. The third kappa shape index (κ3) is 5.90. The average Bonchev–Trinajstić information content (AvgIpc) is 2.90. The van der Waals surface area contributed by atoms with Crippen LogP contribution in [-0.4, -0.2) is 47.8 Å². The normalized spacial score (nSPS) is 20.4. The summed E-state index contributed by atoms with van der Waals surface area (Å²) in [6.45, 7) is 1.74. The zero-order valence-corrected chi connectivity index (χ0v) is 23.1. The molecule has 0 unspecified atom stereocenters. The highest BCUT2D eigenvalue weighted by molar-refractivity contribution is 7.81. The molecule has 1 aliphatic carbocycles. The molecular formula is C28H33ClN4O4S. The highest BCUT2D eigenvalue weighted by Gasteiger charge is 2.44. The number of halogens is 1. The van der Waals surface area contributed by atoms with Gasteiger partial charge in [0.25, 0.3) is 5.91 Å². The number of hydrogen-bond acceptors (Lipinski definition) is 7. The standard InChI is InChI=1S/C28H33ClN4O4S/c1-35-25-20(29)7-4-8-21(25)32-27(38)24-22(14-28(10-5-11-28)33-26(24)34)31-15-18-9-12-30-16-23(18)37-17-19-6-2-3-13-36-19/h4,7-9,12,16,19,31H,2-3,5-6,10-11,13-15,17H2,1H3,(H,32,38)(H,33,34)/t19-/m0/s1. The summed E-state index contributed by atoms with van der Waals surface area (Å²) in [5.74, 6) is 0.996. The summed E-state index contributed by atoms with van der Waals surface area (Å²) < 4.78 is 17.4. The zero-order chi connectivity index (χ0) is 26.5. The molecule has 38 heavy (non-hydrogen) atoms. The number of pyridine rings is 1. The predicted octanol–water partition coefficient (Wildman–Crippen LogP) is 4.92. The summed E-state index contributed by atoms with van der Waals surface area (Å²) in [4.78, 5) is 17.9. The third-order valence-electron chi connectivity index (χ3n) is 7.44. The summed E-state index contributed by atoms with van der Waals surface area (Å²) in [7, 11) is 1.55. The number of ether oxygens (including phenoxy) is 3. The molecule has 2 fully saturated rings. The maximum atomic E-state index is 13.4. The van der Waals surface area contributed by atoms with Gasteiger partial charge in [0, 0.05) is 42.6 Å². The first kappa shape index (κ1) is 26.7. The molecule has 5 rings (SSSR count). The number of nitrogens with one attached hydrogen (secondary N) is 3. The molecule has 0 radical (unpaired) electrons. The lowest BCUT2D eigenvalue weighted by Gasteiger charge is -2.46. The van der Waals surface area contributed by atoms with Gasteiger partial charge in [0.05, 0.1) is 35.7 Å². The van der Waals surface area contributed by atoms with Crippen LogP contribution in [0.5, 0.6) is 11.5 Å². The number of hydrogen-bond donors (Lipinski definition) is 3. The minimum absolute atomic E-state index is 0.103. The van der Waals surface area contributed by atoms with E-state index >= 15 is 0 Å². The number of para-hydroxylation sites is 1. The maximum Gasteiger partial charge on any atom is 0.256 e. The van der Waals surface area contributed by atoms with Crippen LogP contribution in [-0.2, 0) is 16.1 Å². The molecule has 3 N–H and O–H groups in total. The molecule has 8 nitrogen and oxygen atoms in total. The Morgan fingerprint density at radius 2 is 2.16 bits per heavy atom. The van der Waals surface area contributed by atoms with Gasteiger partial charge in [-0.25, -0.2) is 0 Å². The Morgan fingerprint density at radius 1 is 1.29 bits per heavy atom. The van der Waals surface area contributed by atoms with E-state index in [-0.39, 0.29) is 17.6 Å². The molecule has 1 saturated carbocycles. The second-order valence-electron chi connectivity index (χ2n) is 10.0. The Kier molecular flexibility index (Phi) is 8.35. The number of rotatable bonds is 9. The largest absolute Gasteiger partial charge is 0.493 e. The van der Waals surface area contributed by atoms with Crippen LogP contribution in [0.3, 0.4) is 0 Å². The quantitative estimate of drug-likeness (QED) is 0.375. The lowest BCUT2D eigenvalue weighted by atomic mass is 9.71. The molecule has 1 aromatic carbocycles. The Bertz CT molecular complexity index is 1230. The molecule has 1 spiro atoms. The van der Waals surface area contributed by atoms with Crippen LogP contribution in [0.25, 0.3) is 0 Å². The fourth-order valence-corrected chi connectivity index (χ4v) is 5.79. The number of thiocarbonyl (C=S) groups is 1. The molecule has 3 heterocycles. The van der Waals surface area contributed by atoms with E-state index in [1.807, 2.05) is 12.1 Å². The fourth-order valence-electron chi connectivity index (χ4n) is 5.22. The topological polar surface area (TPSA) is 93.7 Å². The molecule has 3 aliphatic rings. The second kappa shape index (κ2) is 11.9. The van der Waals surface area contributed by atoms with Gasteiger partial charge in [0.1, 0.15) is 17.3 Å². The van der Waals surface area contributed by atoms with E-state index in [2.05, 4.69) is 20.9 Å². The third-order valence-corrected chi connectivity index (χ3v) is 8.04. The van der Waals surface area contributed by atoms with E-state index in [0.717, 1.165) is 56.4 Å². The fraction of sp³-hybridized carbons (Fsp3) is 0.464. The number of carbonyl (C=O) groups excluding carboxylic acids is 1. The molecule has 1 atom stereocenters. The van der Waals surface area contributed by atoms with Crippen molar-refractivity contribution in [3.8, 4) is 11.5 Å². The Balaban J connectivity index is 1.36. The minimum atomic E-state index is -0.220. The summed E-state index contributed by atoms with van der Waals surface area (Å²) >= 11 is 12.0. The highest BCUT2D eigenvalue weighted by Crippen LogP contribution is 2.41. The number of aromatic nitrogens is 1. The number of anilines is 1. The Labute approximate surface area is 233 Å². The molecule has 0 bridgehead atoms. The van der Waals surface area contributed by atoms with Gasteiger partial charge in [-0.05, 0) is 56.7 Å². The van der Waals surface area contributed by atoms with Crippen LogP contribution in [0.15, 0.2) is 47.9 Å². The van der Waals surface area contributed by atoms with Crippen molar-refractivity contribution in [2.24, 2.45) is 0 Å². The van der Waals surface area contributed by atoms with Crippen LogP contribution >= 0.6 is 23.8 Å². The van der Waals surface area contributed by atoms with Gasteiger partial charge in [-0.3, -0.25) is 9.78 Å². The summed E-state index contributed by atoms with van der Waals surface area (Å²) in [5, 5.41) is 10.4. The number of benzene rings is 1. The van der Waals surface area contributed by atoms with Crippen LogP contribution < -0.4 is 25.4 Å². The molecule has 2 aromatic rings. The van der Waals surface area contributed by atoms with E-state index in [9.17, 15) is 4.79 Å². The van der Waals surface area contributed by atoms with E-state index in [0.29, 0.717) is 52.3 Å². The average molecular weight is 557 g/mol. The first-order valence-corrected chi connectivity index (χ1v) is 13.9. The number of amides is 1. The number of carbonyl (C=O) groups is 1. The summed E-state index contributed by atoms with van der Waals surface area (Å²) in [5.41, 5.74) is 2.56. The van der Waals surface area contributed by atoms with Crippen molar-refractivity contribution in [1.29, 1.82) is 0 Å². The van der Waals surface area contributed by atoms with E-state index in [4.69, 9.17) is 38.0 Å². The number of methoxy groups -OCH3 is 1. The molecule has 1 saturated heterocycles. The predicted molar refractivity (Wildman–Crippen MR) is 151 cm³/mol. The van der Waals surface area contributed by atoms with Gasteiger partial charge in [-0.1, -0.05) is 29.9 Å². The minimum Gasteiger partial charge on any atom is -0.493 e. The van der Waals surface area contributed by atoms with Crippen LogP contribution in [0, 0.1) is 0 Å². The molecule has 202 valence electrons. The Hall–Kier alpha value is -2.88. The van der Waals surface area contributed by atoms with Crippen molar-refractivity contribution in [1.82, 2.24) is 15.6 Å². The van der Waals surface area contributed by atoms with E-state index < -0.39 is 0 Å². The Morgan fingerprint density at radius 3 is 2.89 bits per heavy atom. The van der Waals surface area contributed by atoms with E-state index in [1.165, 1.54) is 0 Å². The SMILES string of the molecule is COc1c(Cl)cccc1NC(=S)C1=C(NCc2ccncc2OC[C@@H]2CCCCO2)CC2(CCC2)NC1=O. The van der Waals surface area contributed by atoms with Gasteiger partial charge in [0.15, 0.2) is 5.75 Å². The van der Waals surface area contributed by atoms with Crippen LogP contribution in [0.4, 0.5) is 5.69 Å². The smallest absolute Gasteiger partial charge is 0.256 e. The van der Waals surface area contributed by atoms with Gasteiger partial charge in [-0.15, -0.1) is 0 Å². The first-order valence-electron chi connectivity index (χ1n) is 13.1. The van der Waals surface area contributed by atoms with Gasteiger partial charge >= 0.3 is 0 Å². The summed E-state index contributed by atoms with van der Waals surface area (Å²) in [6.07, 6.45) is 10.5. The van der Waals surface area contributed by atoms with Crippen molar-refractivity contribution in [2.75, 3.05) is 25.6 Å². The maximum absolute atomic E-state index is 13.4. The second-order valence-corrected chi connectivity index (χ2v) is 10.8. The van der Waals surface area contributed by atoms with Crippen molar-refractivity contribution in [3.05, 3.63) is 58.5 Å². The number of nitrogens with zero attached hydrogens (tertiary/aromatic N) is 1. The van der Waals surface area contributed by atoms with Crippen molar-refractivity contribution < 1.29 is 19.0 Å². The molecule has 2 aliphatic heterocycles. The lowest BCUT2D eigenvalue weighted by molar-refractivity contribution is -0.120. The van der Waals surface area contributed by atoms with Gasteiger partial charge in [0.2, 0.25) is 0 Å². The molecule has 1 aromatic heterocycles. The monoisotopic (exact) mass is 556 g/mol. The van der Waals surface area contributed by atoms with Gasteiger partial charge in [-0.2, -0.15) is 0 Å². The lowest BCUT2D eigenvalue weighted by Crippen LogP contribution is -2.58. The van der Waals surface area contributed by atoms with Crippen molar-refractivity contribution in [2.45, 2.75) is 63.1 Å². The van der Waals surface area contributed by atoms with Crippen molar-refractivity contribution in [3.63, 3.8) is 0 Å². The van der Waals surface area contributed by atoms with Crippen molar-refractivity contribution >= 4 is 40.4 Å². The van der Waals surface area contributed by atoms with Crippen LogP contribution in [0.2, 0.25) is 5.02 Å². The van der Waals surface area contributed by atoms with E-state index in [1.54, 1.807) is 31.6 Å². The van der Waals surface area contributed by atoms with Gasteiger partial charge < -0.3 is 30.2 Å². The molecule has 1 amide bonds. The zero-order valence-electron chi connectivity index (χ0n) is 21.5. The van der Waals surface area contributed by atoms with Crippen LogP contribution in [0.1, 0.15) is 50.5 Å². The highest BCUT2D eigenvalue weighted by atomic mass is 35.5. The first-order chi connectivity index (χ1) is 18.5. The summed E-state index contributed by atoms with van der Waals surface area (Å²) in [6, 6.07) is 7.29. The molecule has 10 heteroatoms.